The minimum Gasteiger partial charge on any atom is -0.432 e. The molecule has 9 heteroatoms. The molecule has 45 heavy (non-hydrogen) atoms. The molecule has 3 fully saturated rings. The molecule has 2 aromatic carbocycles. The fourth-order valence-corrected chi connectivity index (χ4v) is 7.33. The number of ether oxygens (including phenoxy) is 3. The van der Waals surface area contributed by atoms with Crippen LogP contribution < -0.4 is 4.74 Å². The summed E-state index contributed by atoms with van der Waals surface area (Å²) in [4.78, 5) is 0. The summed E-state index contributed by atoms with van der Waals surface area (Å²) in [7, 11) is 0. The second-order valence-electron chi connectivity index (χ2n) is 13.1. The summed E-state index contributed by atoms with van der Waals surface area (Å²) in [5.41, 5.74) is 0.849. The zero-order valence-corrected chi connectivity index (χ0v) is 25.9. The molecule has 0 bridgehead atoms. The largest absolute Gasteiger partial charge is 0.432 e. The zero-order valence-electron chi connectivity index (χ0n) is 25.9. The number of benzene rings is 2. The smallest absolute Gasteiger partial charge is 0.400 e. The standard InChI is InChI=1S/C36H44F6O3/c1-2-3-4-5-23-21-43-35(44-22-23)26-8-6-24(7-9-26)27-12-16-30(32(38)18-27)25-10-13-28(14-11-25)36(41,42)45-29-15-17-31(33(39)19-29)34(40)20-37/h12,15-20,23-26,28,35H,2-11,13-14,21-22H2,1H3/b34-20-. The molecule has 0 atom stereocenters. The van der Waals surface area contributed by atoms with E-state index < -0.39 is 41.3 Å². The Hall–Kier alpha value is -2.52. The maximum Gasteiger partial charge on any atom is 0.400 e. The van der Waals surface area contributed by atoms with Crippen LogP contribution in [0.4, 0.5) is 26.3 Å². The van der Waals surface area contributed by atoms with Crippen molar-refractivity contribution >= 4 is 5.83 Å². The quantitative estimate of drug-likeness (QED) is 0.181. The van der Waals surface area contributed by atoms with Gasteiger partial charge in [0.15, 0.2) is 12.1 Å². The van der Waals surface area contributed by atoms with Crippen molar-refractivity contribution < 1.29 is 40.6 Å². The molecule has 0 amide bonds. The molecule has 2 aromatic rings. The molecular formula is C36H44F6O3. The van der Waals surface area contributed by atoms with E-state index in [4.69, 9.17) is 14.2 Å². The number of rotatable bonds is 11. The first kappa shape index (κ1) is 33.8. The third kappa shape index (κ3) is 8.45. The molecule has 0 radical (unpaired) electrons. The summed E-state index contributed by atoms with van der Waals surface area (Å²) in [5, 5.41) is 0. The lowest BCUT2D eigenvalue weighted by atomic mass is 9.76. The van der Waals surface area contributed by atoms with Crippen molar-refractivity contribution in [3.8, 4) is 5.75 Å². The zero-order chi connectivity index (χ0) is 32.0. The lowest BCUT2D eigenvalue weighted by molar-refractivity contribution is -0.229. The summed E-state index contributed by atoms with van der Waals surface area (Å²) in [6.45, 7) is 3.74. The molecule has 0 aromatic heterocycles. The molecular weight excluding hydrogens is 594 g/mol. The van der Waals surface area contributed by atoms with Gasteiger partial charge in [-0.15, -0.1) is 0 Å². The third-order valence-electron chi connectivity index (χ3n) is 10.1. The Morgan fingerprint density at radius 2 is 1.56 bits per heavy atom. The predicted octanol–water partition coefficient (Wildman–Crippen LogP) is 11.0. The molecule has 5 rings (SSSR count). The Bertz CT molecular complexity index is 1280. The van der Waals surface area contributed by atoms with Crippen LogP contribution >= 0.6 is 0 Å². The van der Waals surface area contributed by atoms with Crippen LogP contribution in [0, 0.1) is 29.4 Å². The molecule has 2 aliphatic carbocycles. The Labute approximate surface area is 262 Å². The van der Waals surface area contributed by atoms with Crippen LogP contribution in [0.25, 0.3) is 5.83 Å². The van der Waals surface area contributed by atoms with Gasteiger partial charge in [0.1, 0.15) is 23.7 Å². The van der Waals surface area contributed by atoms with Gasteiger partial charge in [-0.05, 0) is 98.9 Å². The van der Waals surface area contributed by atoms with Gasteiger partial charge in [-0.3, -0.25) is 0 Å². The van der Waals surface area contributed by atoms with E-state index in [0.717, 1.165) is 63.0 Å². The second kappa shape index (κ2) is 15.4. The average Bonchev–Trinajstić information content (AvgIpc) is 3.05. The first-order valence-corrected chi connectivity index (χ1v) is 16.5. The SMILES string of the molecule is CCCCCC1COC(C2CCC(c3ccc(C4CCC(C(F)(F)Oc5ccc(/C(F)=C/F)c(F)c5)CC4)c(F)c3)CC2)OC1. The fourth-order valence-electron chi connectivity index (χ4n) is 7.33. The van der Waals surface area contributed by atoms with Crippen molar-refractivity contribution in [2.45, 2.75) is 108 Å². The van der Waals surface area contributed by atoms with Gasteiger partial charge in [-0.25, -0.2) is 17.6 Å². The predicted molar refractivity (Wildman–Crippen MR) is 161 cm³/mol. The van der Waals surface area contributed by atoms with Gasteiger partial charge in [0.25, 0.3) is 0 Å². The number of hydrogen-bond acceptors (Lipinski definition) is 3. The first-order valence-electron chi connectivity index (χ1n) is 16.5. The number of halogens is 6. The van der Waals surface area contributed by atoms with Crippen molar-refractivity contribution in [1.82, 2.24) is 0 Å². The maximum absolute atomic E-state index is 15.4. The summed E-state index contributed by atoms with van der Waals surface area (Å²) in [6.07, 6.45) is 5.47. The van der Waals surface area contributed by atoms with E-state index in [1.165, 1.54) is 19.3 Å². The van der Waals surface area contributed by atoms with E-state index in [1.807, 2.05) is 12.1 Å². The summed E-state index contributed by atoms with van der Waals surface area (Å²) >= 11 is 0. The van der Waals surface area contributed by atoms with Crippen LogP contribution in [0.3, 0.4) is 0 Å². The monoisotopic (exact) mass is 638 g/mol. The number of unbranched alkanes of at least 4 members (excludes halogenated alkanes) is 2. The van der Waals surface area contributed by atoms with E-state index in [9.17, 15) is 22.0 Å². The topological polar surface area (TPSA) is 27.7 Å². The minimum atomic E-state index is -3.60. The van der Waals surface area contributed by atoms with Crippen molar-refractivity contribution in [2.24, 2.45) is 17.8 Å². The van der Waals surface area contributed by atoms with E-state index in [-0.39, 0.29) is 36.8 Å². The molecule has 1 saturated heterocycles. The fraction of sp³-hybridized carbons (Fsp3) is 0.611. The lowest BCUT2D eigenvalue weighted by Crippen LogP contribution is -2.38. The molecule has 1 heterocycles. The van der Waals surface area contributed by atoms with Crippen molar-refractivity contribution in [3.05, 3.63) is 71.1 Å². The van der Waals surface area contributed by atoms with Gasteiger partial charge >= 0.3 is 6.11 Å². The summed E-state index contributed by atoms with van der Waals surface area (Å²) in [5.74, 6) is -3.62. The van der Waals surface area contributed by atoms with Crippen molar-refractivity contribution in [2.75, 3.05) is 13.2 Å². The Morgan fingerprint density at radius 1 is 0.867 bits per heavy atom. The Morgan fingerprint density at radius 3 is 2.18 bits per heavy atom. The van der Waals surface area contributed by atoms with Crippen molar-refractivity contribution in [1.29, 1.82) is 0 Å². The normalized spacial score (nSPS) is 28.2. The Balaban J connectivity index is 1.09. The molecule has 248 valence electrons. The van der Waals surface area contributed by atoms with Gasteiger partial charge in [-0.2, -0.15) is 8.78 Å². The number of alkyl halides is 2. The van der Waals surface area contributed by atoms with Crippen LogP contribution in [-0.4, -0.2) is 25.6 Å². The van der Waals surface area contributed by atoms with Crippen LogP contribution in [0.1, 0.15) is 112 Å². The van der Waals surface area contributed by atoms with Crippen LogP contribution in [-0.2, 0) is 9.47 Å². The maximum atomic E-state index is 15.4. The average molecular weight is 639 g/mol. The highest BCUT2D eigenvalue weighted by atomic mass is 19.3. The molecule has 3 aliphatic rings. The molecule has 3 nitrogen and oxygen atoms in total. The van der Waals surface area contributed by atoms with Crippen LogP contribution in [0.15, 0.2) is 42.7 Å². The highest BCUT2D eigenvalue weighted by Gasteiger charge is 2.44. The van der Waals surface area contributed by atoms with Crippen LogP contribution in [0.2, 0.25) is 0 Å². The Kier molecular flexibility index (Phi) is 11.6. The van der Waals surface area contributed by atoms with Gasteiger partial charge < -0.3 is 14.2 Å². The third-order valence-corrected chi connectivity index (χ3v) is 10.1. The molecule has 0 unspecified atom stereocenters. The van der Waals surface area contributed by atoms with Gasteiger partial charge in [0, 0.05) is 23.5 Å². The molecule has 0 spiro atoms. The van der Waals surface area contributed by atoms with Crippen molar-refractivity contribution in [3.63, 3.8) is 0 Å². The van der Waals surface area contributed by atoms with Gasteiger partial charge in [0.2, 0.25) is 0 Å². The summed E-state index contributed by atoms with van der Waals surface area (Å²) < 4.78 is 102. The molecule has 2 saturated carbocycles. The highest BCUT2D eigenvalue weighted by molar-refractivity contribution is 5.59. The van der Waals surface area contributed by atoms with Gasteiger partial charge in [0.05, 0.1) is 19.1 Å². The van der Waals surface area contributed by atoms with E-state index in [0.29, 0.717) is 36.3 Å². The van der Waals surface area contributed by atoms with E-state index in [2.05, 4.69) is 6.92 Å². The number of hydrogen-bond donors (Lipinski definition) is 0. The highest BCUT2D eigenvalue weighted by Crippen LogP contribution is 2.45. The van der Waals surface area contributed by atoms with E-state index in [1.54, 1.807) is 6.07 Å². The van der Waals surface area contributed by atoms with Gasteiger partial charge in [-0.1, -0.05) is 38.3 Å². The van der Waals surface area contributed by atoms with E-state index >= 15 is 4.39 Å². The lowest BCUT2D eigenvalue weighted by Gasteiger charge is -2.38. The molecule has 0 N–H and O–H groups in total. The summed E-state index contributed by atoms with van der Waals surface area (Å²) in [6, 6.07) is 7.87. The van der Waals surface area contributed by atoms with Crippen LogP contribution in [0.5, 0.6) is 5.75 Å². The minimum absolute atomic E-state index is 0.105. The second-order valence-corrected chi connectivity index (χ2v) is 13.1. The first-order chi connectivity index (χ1) is 21.7. The molecule has 1 aliphatic heterocycles.